The van der Waals surface area contributed by atoms with E-state index in [2.05, 4.69) is 29.5 Å². The number of aliphatic hydroxyl groups is 1. The first-order valence-corrected chi connectivity index (χ1v) is 8.59. The van der Waals surface area contributed by atoms with Crippen LogP contribution in [0.1, 0.15) is 48.2 Å². The maximum Gasteiger partial charge on any atom is 0.315 e. The molecule has 0 aromatic carbocycles. The number of aryl methyl sites for hydroxylation is 2. The number of nitrogens with one attached hydrogen (secondary N) is 2. The first-order chi connectivity index (χ1) is 10.1. The molecule has 1 heterocycles. The molecule has 1 aromatic heterocycles. The molecule has 21 heavy (non-hydrogen) atoms. The molecule has 2 rings (SSSR count). The van der Waals surface area contributed by atoms with Gasteiger partial charge in [0.2, 0.25) is 0 Å². The average Bonchev–Trinajstić information content (AvgIpc) is 2.81. The lowest BCUT2D eigenvalue weighted by Crippen LogP contribution is -2.49. The first kappa shape index (κ1) is 16.2. The van der Waals surface area contributed by atoms with Gasteiger partial charge in [-0.05, 0) is 26.2 Å². The van der Waals surface area contributed by atoms with E-state index in [9.17, 15) is 9.90 Å². The summed E-state index contributed by atoms with van der Waals surface area (Å²) in [6.07, 6.45) is 5.06. The van der Waals surface area contributed by atoms with E-state index in [0.717, 1.165) is 49.2 Å². The van der Waals surface area contributed by atoms with Crippen LogP contribution in [-0.4, -0.2) is 34.8 Å². The third-order valence-electron chi connectivity index (χ3n) is 3.94. The molecule has 1 saturated carbocycles. The number of hydrogen-bond donors (Lipinski definition) is 3. The maximum atomic E-state index is 11.8. The van der Waals surface area contributed by atoms with Crippen LogP contribution in [0.4, 0.5) is 4.79 Å². The van der Waals surface area contributed by atoms with E-state index in [1.165, 1.54) is 4.88 Å². The summed E-state index contributed by atoms with van der Waals surface area (Å²) in [5, 5.41) is 16.6. The Labute approximate surface area is 130 Å². The van der Waals surface area contributed by atoms with Crippen LogP contribution in [0.15, 0.2) is 0 Å². The lowest BCUT2D eigenvalue weighted by molar-refractivity contribution is 0.0943. The van der Waals surface area contributed by atoms with Crippen molar-refractivity contribution in [3.05, 3.63) is 15.6 Å². The van der Waals surface area contributed by atoms with Crippen LogP contribution in [0.5, 0.6) is 0 Å². The SMILES string of the molecule is CCc1nc(CCNC(=O)NC2CCCCC2O)sc1C. The minimum Gasteiger partial charge on any atom is -0.391 e. The fraction of sp³-hybridized carbons (Fsp3) is 0.733. The van der Waals surface area contributed by atoms with Crippen LogP contribution >= 0.6 is 11.3 Å². The van der Waals surface area contributed by atoms with Crippen molar-refractivity contribution in [3.8, 4) is 0 Å². The number of amides is 2. The highest BCUT2D eigenvalue weighted by molar-refractivity contribution is 7.11. The highest BCUT2D eigenvalue weighted by Gasteiger charge is 2.24. The van der Waals surface area contributed by atoms with Gasteiger partial charge in [-0.15, -0.1) is 11.3 Å². The zero-order valence-electron chi connectivity index (χ0n) is 12.8. The van der Waals surface area contributed by atoms with Gasteiger partial charge in [-0.2, -0.15) is 0 Å². The molecule has 3 N–H and O–H groups in total. The number of hydrogen-bond acceptors (Lipinski definition) is 4. The molecule has 0 saturated heterocycles. The summed E-state index contributed by atoms with van der Waals surface area (Å²) in [6.45, 7) is 4.77. The molecule has 0 bridgehead atoms. The third-order valence-corrected chi connectivity index (χ3v) is 5.02. The molecule has 2 atom stereocenters. The average molecular weight is 311 g/mol. The second-order valence-electron chi connectivity index (χ2n) is 5.57. The largest absolute Gasteiger partial charge is 0.391 e. The van der Waals surface area contributed by atoms with Crippen molar-refractivity contribution >= 4 is 17.4 Å². The number of nitrogens with zero attached hydrogens (tertiary/aromatic N) is 1. The molecule has 118 valence electrons. The number of rotatable bonds is 5. The quantitative estimate of drug-likeness (QED) is 0.780. The van der Waals surface area contributed by atoms with Crippen molar-refractivity contribution in [3.63, 3.8) is 0 Å². The summed E-state index contributed by atoms with van der Waals surface area (Å²) >= 11 is 1.70. The number of aromatic nitrogens is 1. The number of carbonyl (C=O) groups is 1. The van der Waals surface area contributed by atoms with Crippen molar-refractivity contribution in [2.75, 3.05) is 6.54 Å². The smallest absolute Gasteiger partial charge is 0.315 e. The zero-order valence-corrected chi connectivity index (χ0v) is 13.6. The van der Waals surface area contributed by atoms with Crippen LogP contribution in [0.2, 0.25) is 0 Å². The van der Waals surface area contributed by atoms with E-state index >= 15 is 0 Å². The van der Waals surface area contributed by atoms with Gasteiger partial charge < -0.3 is 15.7 Å². The van der Waals surface area contributed by atoms with Crippen molar-refractivity contribution in [2.24, 2.45) is 0 Å². The fourth-order valence-electron chi connectivity index (χ4n) is 2.70. The molecule has 0 radical (unpaired) electrons. The summed E-state index contributed by atoms with van der Waals surface area (Å²) in [4.78, 5) is 17.7. The minimum absolute atomic E-state index is 0.104. The Morgan fingerprint density at radius 2 is 2.19 bits per heavy atom. The Kier molecular flexibility index (Phi) is 5.99. The summed E-state index contributed by atoms with van der Waals surface area (Å²) in [5.74, 6) is 0. The number of aliphatic hydroxyl groups excluding tert-OH is 1. The van der Waals surface area contributed by atoms with Crippen molar-refractivity contribution in [1.29, 1.82) is 0 Å². The highest BCUT2D eigenvalue weighted by Crippen LogP contribution is 2.19. The summed E-state index contributed by atoms with van der Waals surface area (Å²) in [5.41, 5.74) is 1.16. The molecule has 6 heteroatoms. The van der Waals surface area contributed by atoms with Gasteiger partial charge in [0.15, 0.2) is 0 Å². The van der Waals surface area contributed by atoms with E-state index in [-0.39, 0.29) is 12.1 Å². The van der Waals surface area contributed by atoms with E-state index in [1.807, 2.05) is 0 Å². The van der Waals surface area contributed by atoms with E-state index in [0.29, 0.717) is 6.54 Å². The van der Waals surface area contributed by atoms with Crippen molar-refractivity contribution < 1.29 is 9.90 Å². The van der Waals surface area contributed by atoms with Crippen LogP contribution in [0.25, 0.3) is 0 Å². The highest BCUT2D eigenvalue weighted by atomic mass is 32.1. The van der Waals surface area contributed by atoms with Crippen LogP contribution in [-0.2, 0) is 12.8 Å². The fourth-order valence-corrected chi connectivity index (χ4v) is 3.73. The second kappa shape index (κ2) is 7.75. The van der Waals surface area contributed by atoms with E-state index in [4.69, 9.17) is 0 Å². The van der Waals surface area contributed by atoms with Crippen LogP contribution in [0, 0.1) is 6.92 Å². The molecule has 1 aliphatic rings. The molecule has 5 nitrogen and oxygen atoms in total. The molecule has 0 aliphatic heterocycles. The lowest BCUT2D eigenvalue weighted by atomic mass is 9.93. The molecule has 0 spiro atoms. The maximum absolute atomic E-state index is 11.8. The lowest BCUT2D eigenvalue weighted by Gasteiger charge is -2.28. The van der Waals surface area contributed by atoms with Gasteiger partial charge in [-0.1, -0.05) is 19.8 Å². The Bertz CT molecular complexity index is 475. The molecule has 1 aliphatic carbocycles. The molecule has 1 aromatic rings. The molecule has 2 amide bonds. The normalized spacial score (nSPS) is 22.0. The topological polar surface area (TPSA) is 74.2 Å². The minimum atomic E-state index is -0.404. The standard InChI is InChI=1S/C15H25N3O2S/c1-3-11-10(2)21-14(17-11)8-9-16-15(20)18-12-6-4-5-7-13(12)19/h12-13,19H,3-9H2,1-2H3,(H2,16,18,20). The zero-order chi connectivity index (χ0) is 15.2. The van der Waals surface area contributed by atoms with Gasteiger partial charge in [-0.25, -0.2) is 9.78 Å². The van der Waals surface area contributed by atoms with Crippen LogP contribution in [0.3, 0.4) is 0 Å². The predicted molar refractivity (Wildman–Crippen MR) is 84.7 cm³/mol. The number of urea groups is 1. The van der Waals surface area contributed by atoms with Gasteiger partial charge in [-0.3, -0.25) is 0 Å². The predicted octanol–water partition coefficient (Wildman–Crippen LogP) is 2.16. The van der Waals surface area contributed by atoms with Gasteiger partial charge in [0.05, 0.1) is 22.8 Å². The molecular weight excluding hydrogens is 286 g/mol. The Balaban J connectivity index is 1.71. The number of carbonyl (C=O) groups excluding carboxylic acids is 1. The van der Waals surface area contributed by atoms with Crippen molar-refractivity contribution in [1.82, 2.24) is 15.6 Å². The summed E-state index contributed by atoms with van der Waals surface area (Å²) in [6, 6.07) is -0.294. The molecule has 1 fully saturated rings. The van der Waals surface area contributed by atoms with Gasteiger partial charge in [0.25, 0.3) is 0 Å². The molecular formula is C15H25N3O2S. The Morgan fingerprint density at radius 1 is 1.43 bits per heavy atom. The summed E-state index contributed by atoms with van der Waals surface area (Å²) < 4.78 is 0. The summed E-state index contributed by atoms with van der Waals surface area (Å²) in [7, 11) is 0. The molecule has 2 unspecified atom stereocenters. The van der Waals surface area contributed by atoms with Crippen molar-refractivity contribution in [2.45, 2.75) is 64.5 Å². The van der Waals surface area contributed by atoms with Gasteiger partial charge in [0.1, 0.15) is 0 Å². The monoisotopic (exact) mass is 311 g/mol. The van der Waals surface area contributed by atoms with Gasteiger partial charge >= 0.3 is 6.03 Å². The van der Waals surface area contributed by atoms with E-state index in [1.54, 1.807) is 11.3 Å². The first-order valence-electron chi connectivity index (χ1n) is 7.77. The third kappa shape index (κ3) is 4.68. The van der Waals surface area contributed by atoms with E-state index < -0.39 is 6.10 Å². The van der Waals surface area contributed by atoms with Crippen LogP contribution < -0.4 is 10.6 Å². The van der Waals surface area contributed by atoms with Gasteiger partial charge in [0, 0.05) is 17.8 Å². The Hall–Kier alpha value is -1.14. The number of thiazole rings is 1. The second-order valence-corrected chi connectivity index (χ2v) is 6.86. The Morgan fingerprint density at radius 3 is 2.86 bits per heavy atom.